The van der Waals surface area contributed by atoms with E-state index in [4.69, 9.17) is 16.3 Å². The van der Waals surface area contributed by atoms with Crippen LogP contribution in [0.15, 0.2) is 17.2 Å². The van der Waals surface area contributed by atoms with Gasteiger partial charge in [-0.05, 0) is 26.8 Å². The first-order valence-electron chi connectivity index (χ1n) is 6.73. The number of carbonyl (C=O) groups is 2. The highest BCUT2D eigenvalue weighted by Crippen LogP contribution is 2.34. The number of aromatic nitrogens is 1. The third-order valence-corrected chi connectivity index (χ3v) is 4.24. The fourth-order valence-corrected chi connectivity index (χ4v) is 3.25. The number of nitrogens with zero attached hydrogens (tertiary/aromatic N) is 2. The Morgan fingerprint density at radius 1 is 1.55 bits per heavy atom. The molecular formula is C14H18ClN3O3S. The molecule has 0 aromatic carbocycles. The molecule has 2 rings (SSSR count). The second-order valence-corrected chi connectivity index (χ2v) is 7.33. The number of hydrogen-bond acceptors (Lipinski definition) is 5. The number of ether oxygens (including phenoxy) is 1. The number of carbonyl (C=O) groups excluding carboxylic acids is 2. The van der Waals surface area contributed by atoms with Gasteiger partial charge in [0.05, 0.1) is 11.9 Å². The van der Waals surface area contributed by atoms with Gasteiger partial charge in [0.25, 0.3) is 0 Å². The van der Waals surface area contributed by atoms with E-state index in [-0.39, 0.29) is 5.91 Å². The minimum absolute atomic E-state index is 0.221. The number of rotatable bonds is 1. The van der Waals surface area contributed by atoms with Crippen molar-refractivity contribution < 1.29 is 14.3 Å². The Bertz CT molecular complexity index is 603. The molecule has 0 spiro atoms. The van der Waals surface area contributed by atoms with Gasteiger partial charge in [-0.3, -0.25) is 4.79 Å². The van der Waals surface area contributed by atoms with Crippen molar-refractivity contribution in [3.05, 3.63) is 17.4 Å². The summed E-state index contributed by atoms with van der Waals surface area (Å²) < 4.78 is 5.20. The quantitative estimate of drug-likeness (QED) is 0.794. The summed E-state index contributed by atoms with van der Waals surface area (Å²) in [6, 6.07) is 1.04. The lowest BCUT2D eigenvalue weighted by molar-refractivity contribution is -0.119. The molecule has 0 saturated heterocycles. The predicted octanol–water partition coefficient (Wildman–Crippen LogP) is 2.70. The highest BCUT2D eigenvalue weighted by atomic mass is 35.5. The van der Waals surface area contributed by atoms with Gasteiger partial charge in [0.1, 0.15) is 16.8 Å². The Kier molecular flexibility index (Phi) is 4.87. The Morgan fingerprint density at radius 3 is 2.86 bits per heavy atom. The van der Waals surface area contributed by atoms with Crippen LogP contribution < -0.4 is 10.2 Å². The molecule has 6 nitrogen and oxygen atoms in total. The van der Waals surface area contributed by atoms with Gasteiger partial charge < -0.3 is 15.0 Å². The molecule has 0 unspecified atom stereocenters. The van der Waals surface area contributed by atoms with Gasteiger partial charge in [-0.1, -0.05) is 11.6 Å². The summed E-state index contributed by atoms with van der Waals surface area (Å²) in [6.07, 6.45) is 0.945. The zero-order chi connectivity index (χ0) is 16.5. The lowest BCUT2D eigenvalue weighted by Gasteiger charge is -2.24. The molecule has 0 aliphatic carbocycles. The van der Waals surface area contributed by atoms with Gasteiger partial charge in [-0.15, -0.1) is 11.8 Å². The van der Waals surface area contributed by atoms with Crippen LogP contribution in [0.5, 0.6) is 0 Å². The molecule has 120 valence electrons. The molecule has 1 aromatic heterocycles. The summed E-state index contributed by atoms with van der Waals surface area (Å²) in [5.74, 6) is 0.177. The molecule has 0 saturated carbocycles. The van der Waals surface area contributed by atoms with E-state index < -0.39 is 17.7 Å². The number of pyridine rings is 1. The van der Waals surface area contributed by atoms with Crippen molar-refractivity contribution in [2.45, 2.75) is 37.3 Å². The standard InChI is InChI=1S/C14H18ClN3O3S/c1-14(2,3)21-13(20)17-8-7-22-10-5-11(15)16-6-9(10)18(4)12(8)19/h5-6,8H,7H2,1-4H3,(H,17,20)/t8-/m0/s1. The number of fused-ring (bicyclic) bond motifs is 1. The van der Waals surface area contributed by atoms with E-state index in [1.54, 1.807) is 40.1 Å². The zero-order valence-electron chi connectivity index (χ0n) is 12.8. The second-order valence-electron chi connectivity index (χ2n) is 5.88. The molecule has 2 heterocycles. The van der Waals surface area contributed by atoms with Crippen LogP contribution in [0.25, 0.3) is 0 Å². The van der Waals surface area contributed by atoms with E-state index in [0.29, 0.717) is 16.6 Å². The van der Waals surface area contributed by atoms with Crippen molar-refractivity contribution in [2.24, 2.45) is 0 Å². The Hall–Kier alpha value is -1.47. The van der Waals surface area contributed by atoms with Gasteiger partial charge in [0.2, 0.25) is 5.91 Å². The van der Waals surface area contributed by atoms with Gasteiger partial charge >= 0.3 is 6.09 Å². The highest BCUT2D eigenvalue weighted by molar-refractivity contribution is 7.99. The Balaban J connectivity index is 2.14. The van der Waals surface area contributed by atoms with E-state index >= 15 is 0 Å². The molecule has 1 aromatic rings. The van der Waals surface area contributed by atoms with E-state index in [0.717, 1.165) is 4.90 Å². The fourth-order valence-electron chi connectivity index (χ4n) is 1.92. The van der Waals surface area contributed by atoms with Crippen LogP contribution in [0.4, 0.5) is 10.5 Å². The highest BCUT2D eigenvalue weighted by Gasteiger charge is 2.31. The van der Waals surface area contributed by atoms with Crippen molar-refractivity contribution in [3.63, 3.8) is 0 Å². The lowest BCUT2D eigenvalue weighted by Crippen LogP contribution is -2.49. The number of alkyl carbamates (subject to hydrolysis) is 1. The Morgan fingerprint density at radius 2 is 2.23 bits per heavy atom. The third kappa shape index (κ3) is 4.04. The monoisotopic (exact) mass is 343 g/mol. The first kappa shape index (κ1) is 16.9. The van der Waals surface area contributed by atoms with Crippen LogP contribution >= 0.6 is 23.4 Å². The van der Waals surface area contributed by atoms with Crippen LogP contribution in [0, 0.1) is 0 Å². The smallest absolute Gasteiger partial charge is 0.408 e. The van der Waals surface area contributed by atoms with Gasteiger partial charge in [0.15, 0.2) is 0 Å². The number of likely N-dealkylation sites (N-methyl/N-ethyl adjacent to an activating group) is 1. The molecule has 2 amide bonds. The molecule has 1 aliphatic heterocycles. The number of hydrogen-bond donors (Lipinski definition) is 1. The number of thioether (sulfide) groups is 1. The van der Waals surface area contributed by atoms with E-state index in [1.807, 2.05) is 0 Å². The first-order valence-corrected chi connectivity index (χ1v) is 8.09. The first-order chi connectivity index (χ1) is 10.2. The molecule has 8 heteroatoms. The summed E-state index contributed by atoms with van der Waals surface area (Å²) in [6.45, 7) is 5.31. The van der Waals surface area contributed by atoms with Crippen molar-refractivity contribution in [1.29, 1.82) is 0 Å². The largest absolute Gasteiger partial charge is 0.444 e. The SMILES string of the molecule is CN1C(=O)[C@@H](NC(=O)OC(C)(C)C)CSc2cc(Cl)ncc21. The minimum atomic E-state index is -0.670. The van der Waals surface area contributed by atoms with Crippen molar-refractivity contribution in [3.8, 4) is 0 Å². The van der Waals surface area contributed by atoms with Gasteiger partial charge in [-0.2, -0.15) is 0 Å². The van der Waals surface area contributed by atoms with E-state index in [2.05, 4.69) is 10.3 Å². The van der Waals surface area contributed by atoms with Gasteiger partial charge in [-0.25, -0.2) is 9.78 Å². The maximum Gasteiger partial charge on any atom is 0.408 e. The summed E-state index contributed by atoms with van der Waals surface area (Å²) in [5.41, 5.74) is 0.0602. The van der Waals surface area contributed by atoms with Gasteiger partial charge in [0, 0.05) is 17.7 Å². The third-order valence-electron chi connectivity index (χ3n) is 2.90. The lowest BCUT2D eigenvalue weighted by atomic mass is 10.2. The summed E-state index contributed by atoms with van der Waals surface area (Å²) >= 11 is 7.33. The van der Waals surface area contributed by atoms with E-state index in [1.165, 1.54) is 16.7 Å². The molecule has 1 atom stereocenters. The van der Waals surface area contributed by atoms with Crippen molar-refractivity contribution in [2.75, 3.05) is 17.7 Å². The number of halogens is 1. The summed E-state index contributed by atoms with van der Waals surface area (Å²) in [7, 11) is 1.65. The topological polar surface area (TPSA) is 71.5 Å². The molecule has 0 radical (unpaired) electrons. The van der Waals surface area contributed by atoms with Crippen LogP contribution in [0.3, 0.4) is 0 Å². The summed E-state index contributed by atoms with van der Waals surface area (Å²) in [5, 5.41) is 2.98. The van der Waals surface area contributed by atoms with Crippen LogP contribution in [0.2, 0.25) is 5.15 Å². The van der Waals surface area contributed by atoms with Crippen LogP contribution in [-0.4, -0.2) is 41.4 Å². The summed E-state index contributed by atoms with van der Waals surface area (Å²) in [4.78, 5) is 30.7. The van der Waals surface area contributed by atoms with E-state index in [9.17, 15) is 9.59 Å². The molecule has 1 N–H and O–H groups in total. The molecular weight excluding hydrogens is 326 g/mol. The maximum absolute atomic E-state index is 12.5. The normalized spacial score (nSPS) is 18.5. The molecule has 0 bridgehead atoms. The van der Waals surface area contributed by atoms with Crippen molar-refractivity contribution >= 4 is 41.1 Å². The molecule has 22 heavy (non-hydrogen) atoms. The maximum atomic E-state index is 12.5. The average molecular weight is 344 g/mol. The average Bonchev–Trinajstić information content (AvgIpc) is 2.49. The van der Waals surface area contributed by atoms with Crippen molar-refractivity contribution in [1.82, 2.24) is 10.3 Å². The van der Waals surface area contributed by atoms with Crippen LogP contribution in [-0.2, 0) is 9.53 Å². The molecule has 0 fully saturated rings. The predicted molar refractivity (Wildman–Crippen MR) is 86.5 cm³/mol. The number of nitrogens with one attached hydrogen (secondary N) is 1. The minimum Gasteiger partial charge on any atom is -0.444 e. The Labute approximate surface area is 138 Å². The molecule has 1 aliphatic rings. The number of amides is 2. The number of anilines is 1. The van der Waals surface area contributed by atoms with Crippen LogP contribution in [0.1, 0.15) is 20.8 Å². The fraction of sp³-hybridized carbons (Fsp3) is 0.500. The zero-order valence-corrected chi connectivity index (χ0v) is 14.4. The second kappa shape index (κ2) is 6.34.